The van der Waals surface area contributed by atoms with Crippen molar-refractivity contribution >= 4 is 0 Å². The molecule has 0 saturated carbocycles. The largest absolute Gasteiger partial charge is 0.394 e. The van der Waals surface area contributed by atoms with E-state index in [4.69, 9.17) is 15.1 Å². The summed E-state index contributed by atoms with van der Waals surface area (Å²) in [5.74, 6) is 0. The number of nitriles is 1. The van der Waals surface area contributed by atoms with Crippen LogP contribution in [0.3, 0.4) is 0 Å². The Balaban J connectivity index is 2.27. The van der Waals surface area contributed by atoms with Crippen molar-refractivity contribution in [2.24, 2.45) is 0 Å². The van der Waals surface area contributed by atoms with E-state index in [1.807, 2.05) is 0 Å². The number of rotatable bonds is 6. The van der Waals surface area contributed by atoms with Crippen LogP contribution in [0.25, 0.3) is 0 Å². The number of piperidine rings is 1. The normalized spacial score (nSPS) is 20.6. The number of hydrogen-bond donors (Lipinski definition) is 1. The summed E-state index contributed by atoms with van der Waals surface area (Å²) in [5, 5.41) is 17.4. The third-order valence-corrected chi connectivity index (χ3v) is 3.24. The molecule has 0 spiro atoms. The zero-order valence-electron chi connectivity index (χ0n) is 10.1. The van der Waals surface area contributed by atoms with Crippen molar-refractivity contribution in [2.45, 2.75) is 44.8 Å². The summed E-state index contributed by atoms with van der Waals surface area (Å²) in [6.07, 6.45) is 3.99. The van der Waals surface area contributed by atoms with Crippen LogP contribution in [0, 0.1) is 11.3 Å². The first-order valence-electron chi connectivity index (χ1n) is 6.15. The third kappa shape index (κ3) is 4.09. The first-order valence-corrected chi connectivity index (χ1v) is 6.15. The van der Waals surface area contributed by atoms with Gasteiger partial charge >= 0.3 is 0 Å². The minimum atomic E-state index is 0.103. The number of aliphatic hydroxyl groups excluding tert-OH is 1. The molecule has 16 heavy (non-hydrogen) atoms. The van der Waals surface area contributed by atoms with E-state index in [0.717, 1.165) is 32.4 Å². The summed E-state index contributed by atoms with van der Waals surface area (Å²) in [4.78, 5) is 2.39. The fraction of sp³-hybridized carbons (Fsp3) is 0.917. The van der Waals surface area contributed by atoms with Crippen molar-refractivity contribution in [3.63, 3.8) is 0 Å². The van der Waals surface area contributed by atoms with Crippen LogP contribution in [-0.4, -0.2) is 48.5 Å². The molecule has 1 heterocycles. The second kappa shape index (κ2) is 7.61. The molecule has 4 heteroatoms. The van der Waals surface area contributed by atoms with Crippen LogP contribution in [0.15, 0.2) is 0 Å². The Morgan fingerprint density at radius 1 is 1.50 bits per heavy atom. The molecule has 1 aliphatic heterocycles. The van der Waals surface area contributed by atoms with Crippen LogP contribution >= 0.6 is 0 Å². The lowest BCUT2D eigenvalue weighted by Crippen LogP contribution is -2.43. The topological polar surface area (TPSA) is 56.5 Å². The van der Waals surface area contributed by atoms with Crippen LogP contribution in [0.4, 0.5) is 0 Å². The molecule has 1 atom stereocenters. The van der Waals surface area contributed by atoms with E-state index in [0.29, 0.717) is 25.2 Å². The van der Waals surface area contributed by atoms with Crippen molar-refractivity contribution in [1.29, 1.82) is 5.26 Å². The maximum absolute atomic E-state index is 8.74. The SMILES string of the molecule is CCC(CC#N)N1CCC(OCCO)CC1. The smallest absolute Gasteiger partial charge is 0.0701 e. The molecule has 0 aromatic heterocycles. The first-order chi connectivity index (χ1) is 7.81. The van der Waals surface area contributed by atoms with E-state index < -0.39 is 0 Å². The molecule has 1 saturated heterocycles. The second-order valence-electron chi connectivity index (χ2n) is 4.25. The fourth-order valence-electron chi connectivity index (χ4n) is 2.26. The molecule has 0 bridgehead atoms. The average molecular weight is 226 g/mol. The van der Waals surface area contributed by atoms with Crippen LogP contribution in [0.1, 0.15) is 32.6 Å². The van der Waals surface area contributed by atoms with Crippen LogP contribution < -0.4 is 0 Å². The summed E-state index contributed by atoms with van der Waals surface area (Å²) in [7, 11) is 0. The zero-order valence-corrected chi connectivity index (χ0v) is 10.1. The molecule has 1 aliphatic rings. The maximum atomic E-state index is 8.74. The summed E-state index contributed by atoms with van der Waals surface area (Å²) in [5.41, 5.74) is 0. The quantitative estimate of drug-likeness (QED) is 0.738. The van der Waals surface area contributed by atoms with Crippen molar-refractivity contribution in [2.75, 3.05) is 26.3 Å². The van der Waals surface area contributed by atoms with Crippen LogP contribution in [-0.2, 0) is 4.74 Å². The Bertz CT molecular complexity index is 220. The highest BCUT2D eigenvalue weighted by atomic mass is 16.5. The van der Waals surface area contributed by atoms with Gasteiger partial charge in [-0.05, 0) is 19.3 Å². The zero-order chi connectivity index (χ0) is 11.8. The first kappa shape index (κ1) is 13.4. The lowest BCUT2D eigenvalue weighted by molar-refractivity contribution is -0.0152. The molecule has 0 aromatic rings. The Morgan fingerprint density at radius 2 is 2.19 bits per heavy atom. The summed E-state index contributed by atoms with van der Waals surface area (Å²) >= 11 is 0. The van der Waals surface area contributed by atoms with Gasteiger partial charge in [-0.25, -0.2) is 0 Å². The molecule has 92 valence electrons. The number of hydrogen-bond acceptors (Lipinski definition) is 4. The van der Waals surface area contributed by atoms with Gasteiger partial charge in [-0.2, -0.15) is 5.26 Å². The van der Waals surface area contributed by atoms with Gasteiger partial charge in [0.2, 0.25) is 0 Å². The fourth-order valence-corrected chi connectivity index (χ4v) is 2.26. The molecule has 1 N–H and O–H groups in total. The Morgan fingerprint density at radius 3 is 2.69 bits per heavy atom. The highest BCUT2D eigenvalue weighted by molar-refractivity contribution is 4.85. The minimum absolute atomic E-state index is 0.103. The van der Waals surface area contributed by atoms with Gasteiger partial charge in [0.1, 0.15) is 0 Å². The second-order valence-corrected chi connectivity index (χ2v) is 4.25. The van der Waals surface area contributed by atoms with Gasteiger partial charge in [0.05, 0.1) is 31.8 Å². The lowest BCUT2D eigenvalue weighted by Gasteiger charge is -2.36. The number of aliphatic hydroxyl groups is 1. The summed E-state index contributed by atoms with van der Waals surface area (Å²) in [6.45, 7) is 4.70. The van der Waals surface area contributed by atoms with Crippen LogP contribution in [0.2, 0.25) is 0 Å². The maximum Gasteiger partial charge on any atom is 0.0701 e. The molecular weight excluding hydrogens is 204 g/mol. The van der Waals surface area contributed by atoms with E-state index in [1.54, 1.807) is 0 Å². The van der Waals surface area contributed by atoms with Gasteiger partial charge in [0.15, 0.2) is 0 Å². The molecule has 1 fully saturated rings. The van der Waals surface area contributed by atoms with Gasteiger partial charge in [-0.1, -0.05) is 6.92 Å². The Labute approximate surface area is 97.8 Å². The molecule has 1 unspecified atom stereocenters. The van der Waals surface area contributed by atoms with Crippen molar-refractivity contribution in [1.82, 2.24) is 4.90 Å². The highest BCUT2D eigenvalue weighted by Crippen LogP contribution is 2.18. The van der Waals surface area contributed by atoms with E-state index >= 15 is 0 Å². The van der Waals surface area contributed by atoms with E-state index in [2.05, 4.69) is 17.9 Å². The van der Waals surface area contributed by atoms with E-state index in [1.165, 1.54) is 0 Å². The molecule has 1 rings (SSSR count). The van der Waals surface area contributed by atoms with Gasteiger partial charge in [-0.3, -0.25) is 4.90 Å². The molecule has 4 nitrogen and oxygen atoms in total. The van der Waals surface area contributed by atoms with Gasteiger partial charge in [-0.15, -0.1) is 0 Å². The van der Waals surface area contributed by atoms with Crippen molar-refractivity contribution in [3.8, 4) is 6.07 Å². The van der Waals surface area contributed by atoms with E-state index in [9.17, 15) is 0 Å². The van der Waals surface area contributed by atoms with E-state index in [-0.39, 0.29) is 6.61 Å². The van der Waals surface area contributed by atoms with Crippen LogP contribution in [0.5, 0.6) is 0 Å². The molecule has 0 aliphatic carbocycles. The third-order valence-electron chi connectivity index (χ3n) is 3.24. The molecule has 0 radical (unpaired) electrons. The van der Waals surface area contributed by atoms with Gasteiger partial charge in [0, 0.05) is 19.1 Å². The monoisotopic (exact) mass is 226 g/mol. The summed E-state index contributed by atoms with van der Waals surface area (Å²) in [6, 6.07) is 2.66. The predicted molar refractivity (Wildman–Crippen MR) is 61.9 cm³/mol. The van der Waals surface area contributed by atoms with Crippen molar-refractivity contribution in [3.05, 3.63) is 0 Å². The number of nitrogens with zero attached hydrogens (tertiary/aromatic N) is 2. The number of likely N-dealkylation sites (tertiary alicyclic amines) is 1. The standard InChI is InChI=1S/C12H22N2O2/c1-2-11(3-6-13)14-7-4-12(5-8-14)16-10-9-15/h11-12,15H,2-5,7-10H2,1H3. The highest BCUT2D eigenvalue weighted by Gasteiger charge is 2.24. The van der Waals surface area contributed by atoms with Gasteiger partial charge < -0.3 is 9.84 Å². The number of ether oxygens (including phenoxy) is 1. The van der Waals surface area contributed by atoms with Crippen molar-refractivity contribution < 1.29 is 9.84 Å². The Hall–Kier alpha value is -0.630. The average Bonchev–Trinajstić information content (AvgIpc) is 2.34. The molecule has 0 amide bonds. The Kier molecular flexibility index (Phi) is 6.39. The minimum Gasteiger partial charge on any atom is -0.394 e. The molecule has 0 aromatic carbocycles. The summed E-state index contributed by atoms with van der Waals surface area (Å²) < 4.78 is 5.51. The van der Waals surface area contributed by atoms with Gasteiger partial charge in [0.25, 0.3) is 0 Å². The predicted octanol–water partition coefficient (Wildman–Crippen LogP) is 1.15. The molecular formula is C12H22N2O2. The lowest BCUT2D eigenvalue weighted by atomic mass is 10.0.